The molecule has 30 heavy (non-hydrogen) atoms. The maximum absolute atomic E-state index is 13.5. The summed E-state index contributed by atoms with van der Waals surface area (Å²) in [5.41, 5.74) is 2.92. The van der Waals surface area contributed by atoms with Gasteiger partial charge in [-0.25, -0.2) is 4.68 Å². The highest BCUT2D eigenvalue weighted by Gasteiger charge is 2.36. The monoisotopic (exact) mass is 418 g/mol. The van der Waals surface area contributed by atoms with Gasteiger partial charge in [-0.2, -0.15) is 13.9 Å². The Morgan fingerprint density at radius 1 is 1.13 bits per heavy atom. The van der Waals surface area contributed by atoms with Crippen LogP contribution in [0.4, 0.5) is 8.78 Å². The zero-order valence-electron chi connectivity index (χ0n) is 16.6. The summed E-state index contributed by atoms with van der Waals surface area (Å²) in [4.78, 5) is 17.9. The van der Waals surface area contributed by atoms with Crippen molar-refractivity contribution in [3.63, 3.8) is 0 Å². The van der Waals surface area contributed by atoms with Gasteiger partial charge in [-0.05, 0) is 37.1 Å². The van der Waals surface area contributed by atoms with Crippen LogP contribution >= 0.6 is 0 Å². The van der Waals surface area contributed by atoms with Crippen molar-refractivity contribution in [2.45, 2.75) is 38.5 Å². The quantitative estimate of drug-likeness (QED) is 0.764. The Labute approximate surface area is 173 Å². The summed E-state index contributed by atoms with van der Waals surface area (Å²) in [6.45, 7) is 1.73. The molecule has 160 valence electrons. The third-order valence-electron chi connectivity index (χ3n) is 6.24. The van der Waals surface area contributed by atoms with Crippen molar-refractivity contribution in [1.29, 1.82) is 0 Å². The molecule has 7 nitrogen and oxygen atoms in total. The summed E-state index contributed by atoms with van der Waals surface area (Å²) < 4.78 is 36.7. The van der Waals surface area contributed by atoms with E-state index in [1.807, 2.05) is 4.90 Å². The minimum Gasteiger partial charge on any atom is -0.435 e. The first-order chi connectivity index (χ1) is 14.6. The Morgan fingerprint density at radius 3 is 2.63 bits per heavy atom. The SMILES string of the molecule is O=C(c1nn(-c2ccc(OC(F)F)cc2)c2c1COCC2)N1CCN2CCC1CC2. The Morgan fingerprint density at radius 2 is 1.90 bits per heavy atom. The number of hydrogen-bond acceptors (Lipinski definition) is 5. The van der Waals surface area contributed by atoms with Crippen LogP contribution < -0.4 is 4.74 Å². The molecule has 4 aliphatic rings. The lowest BCUT2D eigenvalue weighted by molar-refractivity contribution is -0.0498. The van der Waals surface area contributed by atoms with Gasteiger partial charge < -0.3 is 19.3 Å². The zero-order chi connectivity index (χ0) is 20.7. The lowest BCUT2D eigenvalue weighted by Gasteiger charge is -2.31. The lowest BCUT2D eigenvalue weighted by atomic mass is 10.0. The van der Waals surface area contributed by atoms with Crippen LogP contribution in [0, 0.1) is 0 Å². The van der Waals surface area contributed by atoms with Crippen LogP contribution in [0.2, 0.25) is 0 Å². The Bertz CT molecular complexity index is 923. The fraction of sp³-hybridized carbons (Fsp3) is 0.524. The van der Waals surface area contributed by atoms with Gasteiger partial charge in [0.1, 0.15) is 5.75 Å². The van der Waals surface area contributed by atoms with Crippen LogP contribution in [0.1, 0.15) is 34.6 Å². The van der Waals surface area contributed by atoms with Gasteiger partial charge in [0, 0.05) is 44.2 Å². The minimum absolute atomic E-state index is 0.0399. The predicted molar refractivity (Wildman–Crippen MR) is 104 cm³/mol. The molecule has 5 heterocycles. The second-order valence-electron chi connectivity index (χ2n) is 7.93. The number of fused-ring (bicyclic) bond motifs is 5. The highest BCUT2D eigenvalue weighted by molar-refractivity contribution is 5.94. The van der Waals surface area contributed by atoms with Gasteiger partial charge in [-0.3, -0.25) is 4.79 Å². The Kier molecular flexibility index (Phi) is 5.16. The third kappa shape index (κ3) is 3.56. The Balaban J connectivity index is 1.48. The summed E-state index contributed by atoms with van der Waals surface area (Å²) in [5.74, 6) is 0.0478. The van der Waals surface area contributed by atoms with Crippen molar-refractivity contribution >= 4 is 5.91 Å². The fourth-order valence-electron chi connectivity index (χ4n) is 4.68. The number of carbonyl (C=O) groups excluding carboxylic acids is 1. The predicted octanol–water partition coefficient (Wildman–Crippen LogP) is 2.47. The van der Waals surface area contributed by atoms with Crippen LogP contribution in [0.5, 0.6) is 5.75 Å². The second kappa shape index (κ2) is 7.96. The number of amides is 1. The summed E-state index contributed by atoms with van der Waals surface area (Å²) in [7, 11) is 0. The van der Waals surface area contributed by atoms with Crippen molar-refractivity contribution in [3.05, 3.63) is 41.2 Å². The number of rotatable bonds is 4. The van der Waals surface area contributed by atoms with Crippen LogP contribution in [-0.4, -0.2) is 70.9 Å². The number of hydrogen-bond donors (Lipinski definition) is 0. The number of alkyl halides is 2. The van der Waals surface area contributed by atoms with E-state index < -0.39 is 6.61 Å². The zero-order valence-corrected chi connectivity index (χ0v) is 16.6. The molecule has 6 rings (SSSR count). The van der Waals surface area contributed by atoms with Gasteiger partial charge in [-0.15, -0.1) is 0 Å². The number of piperidine rings is 1. The number of aromatic nitrogens is 2. The maximum atomic E-state index is 13.5. The van der Waals surface area contributed by atoms with Gasteiger partial charge in [0.05, 0.1) is 24.6 Å². The normalized spacial score (nSPS) is 23.4. The van der Waals surface area contributed by atoms with Gasteiger partial charge >= 0.3 is 6.61 Å². The third-order valence-corrected chi connectivity index (χ3v) is 6.24. The molecule has 1 aromatic carbocycles. The smallest absolute Gasteiger partial charge is 0.387 e. The van der Waals surface area contributed by atoms with Crippen molar-refractivity contribution in [2.75, 3.05) is 32.8 Å². The van der Waals surface area contributed by atoms with E-state index in [0.29, 0.717) is 37.6 Å². The van der Waals surface area contributed by atoms with Gasteiger partial charge in [0.25, 0.3) is 5.91 Å². The average molecular weight is 418 g/mol. The molecule has 0 radical (unpaired) electrons. The van der Waals surface area contributed by atoms with E-state index in [2.05, 4.69) is 14.7 Å². The summed E-state index contributed by atoms with van der Waals surface area (Å²) in [5, 5.41) is 4.68. The van der Waals surface area contributed by atoms with Crippen molar-refractivity contribution in [1.82, 2.24) is 19.6 Å². The van der Waals surface area contributed by atoms with Crippen molar-refractivity contribution in [2.24, 2.45) is 0 Å². The highest BCUT2D eigenvalue weighted by atomic mass is 19.3. The van der Waals surface area contributed by atoms with Gasteiger partial charge in [0.15, 0.2) is 5.69 Å². The van der Waals surface area contributed by atoms with Crippen molar-refractivity contribution < 1.29 is 23.0 Å². The van der Waals surface area contributed by atoms with Crippen LogP contribution in [0.25, 0.3) is 5.69 Å². The second-order valence-corrected chi connectivity index (χ2v) is 7.93. The molecule has 1 aromatic heterocycles. The standard InChI is InChI=1S/C21H24F2N4O3/c22-21(23)30-16-3-1-15(2-4-16)27-18-7-12-29-13-17(18)19(24-27)20(28)26-11-10-25-8-5-14(26)6-9-25/h1-4,14,21H,5-13H2. The van der Waals surface area contributed by atoms with E-state index in [9.17, 15) is 13.6 Å². The van der Waals surface area contributed by atoms with E-state index in [1.54, 1.807) is 16.8 Å². The molecule has 0 atom stereocenters. The number of halogens is 2. The largest absolute Gasteiger partial charge is 0.435 e. The minimum atomic E-state index is -2.87. The molecule has 0 aliphatic carbocycles. The molecular weight excluding hydrogens is 394 g/mol. The molecule has 0 unspecified atom stereocenters. The molecule has 3 saturated heterocycles. The van der Waals surface area contributed by atoms with Gasteiger partial charge in [-0.1, -0.05) is 0 Å². The van der Waals surface area contributed by atoms with Crippen LogP contribution in [0.3, 0.4) is 0 Å². The highest BCUT2D eigenvalue weighted by Crippen LogP contribution is 2.28. The molecule has 9 heteroatoms. The molecule has 4 aliphatic heterocycles. The van der Waals surface area contributed by atoms with E-state index in [4.69, 9.17) is 4.74 Å². The molecule has 2 bridgehead atoms. The first-order valence-electron chi connectivity index (χ1n) is 10.4. The number of carbonyl (C=O) groups is 1. The van der Waals surface area contributed by atoms with E-state index in [1.165, 1.54) is 12.1 Å². The topological polar surface area (TPSA) is 59.8 Å². The first-order valence-corrected chi connectivity index (χ1v) is 10.4. The lowest BCUT2D eigenvalue weighted by Crippen LogP contribution is -2.42. The molecule has 2 aromatic rings. The van der Waals surface area contributed by atoms with E-state index in [0.717, 1.165) is 43.7 Å². The maximum Gasteiger partial charge on any atom is 0.387 e. The van der Waals surface area contributed by atoms with E-state index in [-0.39, 0.29) is 17.7 Å². The average Bonchev–Trinajstić information content (AvgIpc) is 2.88. The van der Waals surface area contributed by atoms with Crippen LogP contribution in [0.15, 0.2) is 24.3 Å². The van der Waals surface area contributed by atoms with E-state index >= 15 is 0 Å². The van der Waals surface area contributed by atoms with Gasteiger partial charge in [0.2, 0.25) is 0 Å². The molecule has 1 amide bonds. The summed E-state index contributed by atoms with van der Waals surface area (Å²) in [6.07, 6.45) is 2.63. The fourth-order valence-corrected chi connectivity index (χ4v) is 4.68. The molecule has 0 saturated carbocycles. The molecular formula is C21H24F2N4O3. The van der Waals surface area contributed by atoms with Crippen LogP contribution in [-0.2, 0) is 17.8 Å². The Hall–Kier alpha value is -2.52. The summed E-state index contributed by atoms with van der Waals surface area (Å²) in [6, 6.07) is 6.58. The first kappa shape index (κ1) is 19.4. The molecule has 3 fully saturated rings. The molecule has 0 spiro atoms. The van der Waals surface area contributed by atoms with Crippen molar-refractivity contribution in [3.8, 4) is 11.4 Å². The number of ether oxygens (including phenoxy) is 2. The number of benzene rings is 1. The molecule has 0 N–H and O–H groups in total. The number of nitrogens with zero attached hydrogens (tertiary/aromatic N) is 4. The summed E-state index contributed by atoms with van der Waals surface area (Å²) >= 11 is 0.